The van der Waals surface area contributed by atoms with Gasteiger partial charge in [0, 0.05) is 12.1 Å². The monoisotopic (exact) mass is 270 g/mol. The highest BCUT2D eigenvalue weighted by Crippen LogP contribution is 2.19. The smallest absolute Gasteiger partial charge is 0.140 e. The highest BCUT2D eigenvalue weighted by Gasteiger charge is 2.05. The summed E-state index contributed by atoms with van der Waals surface area (Å²) in [7, 11) is 1.87. The summed E-state index contributed by atoms with van der Waals surface area (Å²) in [6.45, 7) is 1.01. The van der Waals surface area contributed by atoms with Crippen molar-refractivity contribution in [3.05, 3.63) is 65.0 Å². The van der Waals surface area contributed by atoms with Gasteiger partial charge in [0.1, 0.15) is 24.2 Å². The highest BCUT2D eigenvalue weighted by atomic mass is 19.1. The van der Waals surface area contributed by atoms with Crippen molar-refractivity contribution >= 4 is 0 Å². The maximum absolute atomic E-state index is 13.2. The van der Waals surface area contributed by atoms with E-state index in [-0.39, 0.29) is 5.56 Å². The summed E-state index contributed by atoms with van der Waals surface area (Å²) in [6.07, 6.45) is 0. The fourth-order valence-electron chi connectivity index (χ4n) is 1.89. The quantitative estimate of drug-likeness (QED) is 0.908. The molecule has 0 aliphatic carbocycles. The van der Waals surface area contributed by atoms with Gasteiger partial charge in [0.2, 0.25) is 0 Å². The minimum absolute atomic E-state index is 0.0367. The zero-order valence-corrected chi connectivity index (χ0v) is 11.2. The minimum atomic E-state index is -0.508. The Morgan fingerprint density at radius 1 is 1.25 bits per heavy atom. The summed E-state index contributed by atoms with van der Waals surface area (Å²) < 4.78 is 19.0. The third kappa shape index (κ3) is 3.34. The van der Waals surface area contributed by atoms with E-state index < -0.39 is 5.82 Å². The molecule has 0 unspecified atom stereocenters. The Labute approximate surface area is 117 Å². The molecule has 0 bridgehead atoms. The molecule has 0 saturated carbocycles. The van der Waals surface area contributed by atoms with E-state index in [1.807, 2.05) is 37.4 Å². The molecular weight excluding hydrogens is 255 g/mol. The predicted molar refractivity (Wildman–Crippen MR) is 74.7 cm³/mol. The topological polar surface area (TPSA) is 45.0 Å². The molecule has 1 N–H and O–H groups in total. The highest BCUT2D eigenvalue weighted by molar-refractivity contribution is 5.36. The van der Waals surface area contributed by atoms with E-state index in [0.717, 1.165) is 16.9 Å². The normalized spacial score (nSPS) is 10.1. The number of para-hydroxylation sites is 1. The number of nitrogens with one attached hydrogen (secondary N) is 1. The standard InChI is InChI=1S/C16H15FN2O/c1-19-10-13-4-2-3-5-16(13)20-11-12-6-7-15(17)14(8-12)9-18/h2-8,19H,10-11H2,1H3. The molecule has 0 amide bonds. The van der Waals surface area contributed by atoms with Crippen LogP contribution in [0.25, 0.3) is 0 Å². The second-order valence-corrected chi connectivity index (χ2v) is 4.35. The Hall–Kier alpha value is -2.38. The molecule has 0 aromatic heterocycles. The number of nitrogens with zero attached hydrogens (tertiary/aromatic N) is 1. The van der Waals surface area contributed by atoms with Crippen molar-refractivity contribution in [2.45, 2.75) is 13.2 Å². The predicted octanol–water partition coefficient (Wildman–Crippen LogP) is 3.00. The Kier molecular flexibility index (Phi) is 4.70. The molecule has 20 heavy (non-hydrogen) atoms. The number of halogens is 1. The zero-order chi connectivity index (χ0) is 14.4. The van der Waals surface area contributed by atoms with Gasteiger partial charge in [-0.15, -0.1) is 0 Å². The van der Waals surface area contributed by atoms with Crippen LogP contribution < -0.4 is 10.1 Å². The molecule has 0 radical (unpaired) electrons. The molecule has 4 heteroatoms. The number of rotatable bonds is 5. The fourth-order valence-corrected chi connectivity index (χ4v) is 1.89. The summed E-state index contributed by atoms with van der Waals surface area (Å²) in [5, 5.41) is 11.9. The largest absolute Gasteiger partial charge is 0.489 e. The van der Waals surface area contributed by atoms with Crippen LogP contribution in [-0.2, 0) is 13.2 Å². The first-order valence-corrected chi connectivity index (χ1v) is 6.28. The first-order chi connectivity index (χ1) is 9.74. The summed E-state index contributed by atoms with van der Waals surface area (Å²) in [6, 6.07) is 14.0. The van der Waals surface area contributed by atoms with E-state index in [4.69, 9.17) is 10.00 Å². The Morgan fingerprint density at radius 2 is 2.05 bits per heavy atom. The molecule has 2 aromatic rings. The average Bonchev–Trinajstić information content (AvgIpc) is 2.48. The number of hydrogen-bond acceptors (Lipinski definition) is 3. The first-order valence-electron chi connectivity index (χ1n) is 6.28. The van der Waals surface area contributed by atoms with E-state index in [1.54, 1.807) is 6.07 Å². The summed E-state index contributed by atoms with van der Waals surface area (Å²) >= 11 is 0. The van der Waals surface area contributed by atoms with Crippen molar-refractivity contribution in [3.8, 4) is 11.8 Å². The SMILES string of the molecule is CNCc1ccccc1OCc1ccc(F)c(C#N)c1. The van der Waals surface area contributed by atoms with Gasteiger partial charge in [0.15, 0.2) is 0 Å². The van der Waals surface area contributed by atoms with Gasteiger partial charge in [0.25, 0.3) is 0 Å². The molecule has 0 aliphatic rings. The van der Waals surface area contributed by atoms with Gasteiger partial charge in [-0.3, -0.25) is 0 Å². The van der Waals surface area contributed by atoms with Crippen molar-refractivity contribution in [3.63, 3.8) is 0 Å². The van der Waals surface area contributed by atoms with Gasteiger partial charge in [-0.2, -0.15) is 5.26 Å². The number of benzene rings is 2. The van der Waals surface area contributed by atoms with Crippen molar-refractivity contribution in [2.75, 3.05) is 7.05 Å². The molecule has 102 valence electrons. The van der Waals surface area contributed by atoms with Crippen molar-refractivity contribution in [1.82, 2.24) is 5.32 Å². The molecule has 0 heterocycles. The van der Waals surface area contributed by atoms with Crippen molar-refractivity contribution in [2.24, 2.45) is 0 Å². The third-order valence-corrected chi connectivity index (χ3v) is 2.89. The lowest BCUT2D eigenvalue weighted by atomic mass is 10.1. The van der Waals surface area contributed by atoms with Gasteiger partial charge >= 0.3 is 0 Å². The number of hydrogen-bond donors (Lipinski definition) is 1. The van der Waals surface area contributed by atoms with Gasteiger partial charge < -0.3 is 10.1 Å². The number of ether oxygens (including phenoxy) is 1. The average molecular weight is 270 g/mol. The van der Waals surface area contributed by atoms with E-state index in [1.165, 1.54) is 12.1 Å². The van der Waals surface area contributed by atoms with Gasteiger partial charge in [-0.25, -0.2) is 4.39 Å². The van der Waals surface area contributed by atoms with Crippen LogP contribution in [0.2, 0.25) is 0 Å². The Balaban J connectivity index is 2.11. The lowest BCUT2D eigenvalue weighted by Crippen LogP contribution is -2.07. The van der Waals surface area contributed by atoms with Crippen LogP contribution in [0.1, 0.15) is 16.7 Å². The molecule has 0 atom stereocenters. The van der Waals surface area contributed by atoms with Crippen molar-refractivity contribution < 1.29 is 9.13 Å². The zero-order valence-electron chi connectivity index (χ0n) is 11.2. The van der Waals surface area contributed by atoms with Gasteiger partial charge in [-0.1, -0.05) is 24.3 Å². The fraction of sp³-hybridized carbons (Fsp3) is 0.188. The Bertz CT molecular complexity index is 635. The van der Waals surface area contributed by atoms with Crippen LogP contribution >= 0.6 is 0 Å². The molecule has 2 aromatic carbocycles. The lowest BCUT2D eigenvalue weighted by molar-refractivity contribution is 0.302. The van der Waals surface area contributed by atoms with Crippen LogP contribution in [0.15, 0.2) is 42.5 Å². The van der Waals surface area contributed by atoms with Crippen LogP contribution in [-0.4, -0.2) is 7.05 Å². The van der Waals surface area contributed by atoms with E-state index in [9.17, 15) is 4.39 Å². The van der Waals surface area contributed by atoms with Crippen LogP contribution in [0.4, 0.5) is 4.39 Å². The Morgan fingerprint density at radius 3 is 2.80 bits per heavy atom. The molecule has 0 saturated heterocycles. The maximum atomic E-state index is 13.2. The van der Waals surface area contributed by atoms with Gasteiger partial charge in [-0.05, 0) is 30.8 Å². The van der Waals surface area contributed by atoms with E-state index in [2.05, 4.69) is 5.32 Å². The first kappa shape index (κ1) is 14.0. The van der Waals surface area contributed by atoms with Crippen LogP contribution in [0, 0.1) is 17.1 Å². The second-order valence-electron chi connectivity index (χ2n) is 4.35. The van der Waals surface area contributed by atoms with Crippen LogP contribution in [0.3, 0.4) is 0 Å². The van der Waals surface area contributed by atoms with Crippen LogP contribution in [0.5, 0.6) is 5.75 Å². The van der Waals surface area contributed by atoms with Gasteiger partial charge in [0.05, 0.1) is 5.56 Å². The summed E-state index contributed by atoms with van der Waals surface area (Å²) in [4.78, 5) is 0. The second kappa shape index (κ2) is 6.69. The molecule has 0 fully saturated rings. The molecule has 0 aliphatic heterocycles. The minimum Gasteiger partial charge on any atom is -0.489 e. The molecule has 0 spiro atoms. The summed E-state index contributed by atoms with van der Waals surface area (Å²) in [5.41, 5.74) is 1.86. The molecular formula is C16H15FN2O. The lowest BCUT2D eigenvalue weighted by Gasteiger charge is -2.11. The third-order valence-electron chi connectivity index (χ3n) is 2.89. The van der Waals surface area contributed by atoms with E-state index in [0.29, 0.717) is 13.2 Å². The maximum Gasteiger partial charge on any atom is 0.140 e. The van der Waals surface area contributed by atoms with E-state index >= 15 is 0 Å². The molecule has 3 nitrogen and oxygen atoms in total. The molecule has 2 rings (SSSR count). The number of nitriles is 1. The summed E-state index contributed by atoms with van der Waals surface area (Å²) in [5.74, 6) is 0.275. The van der Waals surface area contributed by atoms with Crippen molar-refractivity contribution in [1.29, 1.82) is 5.26 Å².